The van der Waals surface area contributed by atoms with Gasteiger partial charge in [0.2, 0.25) is 17.8 Å². The van der Waals surface area contributed by atoms with Gasteiger partial charge in [-0.2, -0.15) is 15.0 Å². The summed E-state index contributed by atoms with van der Waals surface area (Å²) >= 11 is 0. The number of amides is 1. The highest BCUT2D eigenvalue weighted by molar-refractivity contribution is 5.95. The van der Waals surface area contributed by atoms with Crippen molar-refractivity contribution in [2.45, 2.75) is 51.6 Å². The molecule has 0 bridgehead atoms. The summed E-state index contributed by atoms with van der Waals surface area (Å²) in [5.41, 5.74) is 6.60. The van der Waals surface area contributed by atoms with E-state index in [1.165, 1.54) is 12.8 Å². The Morgan fingerprint density at radius 1 is 1.03 bits per heavy atom. The molecule has 0 unspecified atom stereocenters. The fraction of sp³-hybridized carbons (Fsp3) is 0.583. The van der Waals surface area contributed by atoms with Gasteiger partial charge in [-0.05, 0) is 44.9 Å². The molecule has 1 heterocycles. The van der Waals surface area contributed by atoms with Gasteiger partial charge in [0.15, 0.2) is 0 Å². The van der Waals surface area contributed by atoms with Crippen LogP contribution in [0.3, 0.4) is 0 Å². The third kappa shape index (κ3) is 9.63. The molecule has 1 amide bonds. The highest BCUT2D eigenvalue weighted by atomic mass is 16.5. The number of carbonyl (C=O) groups excluding carboxylic acids is 1. The molecule has 1 aliphatic carbocycles. The lowest BCUT2D eigenvalue weighted by Crippen LogP contribution is -2.27. The van der Waals surface area contributed by atoms with Gasteiger partial charge in [-0.15, -0.1) is 0 Å². The van der Waals surface area contributed by atoms with Crippen molar-refractivity contribution in [3.05, 3.63) is 29.8 Å². The van der Waals surface area contributed by atoms with Crippen LogP contribution in [0.1, 0.15) is 49.9 Å². The third-order valence-electron chi connectivity index (χ3n) is 5.29. The fourth-order valence-corrected chi connectivity index (χ4v) is 3.68. The molecule has 11 nitrogen and oxygen atoms in total. The second-order valence-electron chi connectivity index (χ2n) is 8.71. The summed E-state index contributed by atoms with van der Waals surface area (Å²) in [5.74, 6) is 1.27. The first kappa shape index (κ1) is 26.6. The molecule has 35 heavy (non-hydrogen) atoms. The van der Waals surface area contributed by atoms with Crippen molar-refractivity contribution in [1.29, 1.82) is 0 Å². The van der Waals surface area contributed by atoms with E-state index in [0.717, 1.165) is 12.8 Å². The van der Waals surface area contributed by atoms with Crippen LogP contribution in [0.4, 0.5) is 23.5 Å². The lowest BCUT2D eigenvalue weighted by atomic mass is 10.2. The normalized spacial score (nSPS) is 13.7. The van der Waals surface area contributed by atoms with E-state index in [-0.39, 0.29) is 11.9 Å². The van der Waals surface area contributed by atoms with Crippen molar-refractivity contribution in [3.63, 3.8) is 0 Å². The standard InChI is InChI=1S/C24H38N8O3/c1-17(2)27-22-30-23(28-19-7-3-4-8-19)32-24(31-22)29-20-9-5-6-18(16-20)21(33)26-11-13-35-15-14-34-12-10-25/h5-6,9,16-17,19H,3-4,7-8,10-15,25H2,1-2H3,(H,26,33)(H3,27,28,29,30,31,32). The summed E-state index contributed by atoms with van der Waals surface area (Å²) in [4.78, 5) is 26.1. The maximum absolute atomic E-state index is 12.6. The number of ether oxygens (including phenoxy) is 2. The van der Waals surface area contributed by atoms with Crippen molar-refractivity contribution in [2.24, 2.45) is 5.73 Å². The summed E-state index contributed by atoms with van der Waals surface area (Å²) < 4.78 is 10.7. The minimum Gasteiger partial charge on any atom is -0.378 e. The Morgan fingerprint density at radius 2 is 1.74 bits per heavy atom. The molecule has 0 spiro atoms. The van der Waals surface area contributed by atoms with E-state index in [9.17, 15) is 4.79 Å². The Bertz CT molecular complexity index is 921. The second kappa shape index (κ2) is 14.4. The number of anilines is 4. The number of aromatic nitrogens is 3. The number of benzene rings is 1. The van der Waals surface area contributed by atoms with E-state index in [1.807, 2.05) is 26.0 Å². The van der Waals surface area contributed by atoms with Gasteiger partial charge in [0.25, 0.3) is 5.91 Å². The zero-order chi connectivity index (χ0) is 24.9. The Hall–Kier alpha value is -3.02. The van der Waals surface area contributed by atoms with E-state index in [0.29, 0.717) is 74.7 Å². The van der Waals surface area contributed by atoms with Crippen molar-refractivity contribution < 1.29 is 14.3 Å². The van der Waals surface area contributed by atoms with Crippen LogP contribution in [0.5, 0.6) is 0 Å². The van der Waals surface area contributed by atoms with Gasteiger partial charge in [0.1, 0.15) is 0 Å². The molecule has 0 aliphatic heterocycles. The molecule has 3 rings (SSSR count). The van der Waals surface area contributed by atoms with E-state index < -0.39 is 0 Å². The predicted octanol–water partition coefficient (Wildman–Crippen LogP) is 2.51. The highest BCUT2D eigenvalue weighted by Gasteiger charge is 2.17. The Balaban J connectivity index is 1.56. The first-order chi connectivity index (χ1) is 17.0. The maximum atomic E-state index is 12.6. The SMILES string of the molecule is CC(C)Nc1nc(Nc2cccc(C(=O)NCCOCCOCCN)c2)nc(NC2CCCC2)n1. The molecular weight excluding hydrogens is 448 g/mol. The zero-order valence-electron chi connectivity index (χ0n) is 20.7. The monoisotopic (exact) mass is 486 g/mol. The van der Waals surface area contributed by atoms with E-state index in [4.69, 9.17) is 15.2 Å². The van der Waals surface area contributed by atoms with E-state index in [2.05, 4.69) is 36.2 Å². The number of nitrogens with zero attached hydrogens (tertiary/aromatic N) is 3. The van der Waals surface area contributed by atoms with E-state index in [1.54, 1.807) is 12.1 Å². The summed E-state index contributed by atoms with van der Waals surface area (Å²) in [5, 5.41) is 12.7. The molecule has 1 aromatic carbocycles. The largest absolute Gasteiger partial charge is 0.378 e. The van der Waals surface area contributed by atoms with Crippen LogP contribution in [-0.2, 0) is 9.47 Å². The molecule has 1 aromatic heterocycles. The van der Waals surface area contributed by atoms with Gasteiger partial charge in [0.05, 0.1) is 26.4 Å². The molecule has 192 valence electrons. The summed E-state index contributed by atoms with van der Waals surface area (Å²) in [6, 6.07) is 7.76. The Morgan fingerprint density at radius 3 is 2.49 bits per heavy atom. The van der Waals surface area contributed by atoms with Crippen LogP contribution in [-0.4, -0.2) is 72.5 Å². The first-order valence-electron chi connectivity index (χ1n) is 12.3. The lowest BCUT2D eigenvalue weighted by Gasteiger charge is -2.15. The van der Waals surface area contributed by atoms with Crippen LogP contribution >= 0.6 is 0 Å². The molecule has 2 aromatic rings. The number of hydrogen-bond donors (Lipinski definition) is 5. The minimum absolute atomic E-state index is 0.180. The van der Waals surface area contributed by atoms with Crippen LogP contribution in [0.2, 0.25) is 0 Å². The van der Waals surface area contributed by atoms with Crippen LogP contribution < -0.4 is 27.0 Å². The van der Waals surface area contributed by atoms with Crippen molar-refractivity contribution in [1.82, 2.24) is 20.3 Å². The third-order valence-corrected chi connectivity index (χ3v) is 5.29. The number of rotatable bonds is 15. The first-order valence-corrected chi connectivity index (χ1v) is 12.3. The Labute approximate surface area is 207 Å². The van der Waals surface area contributed by atoms with Gasteiger partial charge in [-0.25, -0.2) is 0 Å². The topological polar surface area (TPSA) is 148 Å². The summed E-state index contributed by atoms with van der Waals surface area (Å²) in [6.45, 7) is 6.83. The molecule has 1 aliphatic rings. The average molecular weight is 487 g/mol. The van der Waals surface area contributed by atoms with Gasteiger partial charge in [-0.3, -0.25) is 4.79 Å². The number of hydrogen-bond acceptors (Lipinski definition) is 10. The average Bonchev–Trinajstić information content (AvgIpc) is 3.33. The Kier molecular flexibility index (Phi) is 10.9. The van der Waals surface area contributed by atoms with Crippen LogP contribution in [0.15, 0.2) is 24.3 Å². The molecule has 6 N–H and O–H groups in total. The quantitative estimate of drug-likeness (QED) is 0.238. The highest BCUT2D eigenvalue weighted by Crippen LogP contribution is 2.23. The van der Waals surface area contributed by atoms with Crippen LogP contribution in [0, 0.1) is 0 Å². The van der Waals surface area contributed by atoms with Crippen molar-refractivity contribution >= 4 is 29.4 Å². The molecule has 11 heteroatoms. The summed E-state index contributed by atoms with van der Waals surface area (Å²) in [7, 11) is 0. The summed E-state index contributed by atoms with van der Waals surface area (Å²) in [6.07, 6.45) is 4.67. The van der Waals surface area contributed by atoms with E-state index >= 15 is 0 Å². The predicted molar refractivity (Wildman–Crippen MR) is 137 cm³/mol. The number of nitrogens with one attached hydrogen (secondary N) is 4. The zero-order valence-corrected chi connectivity index (χ0v) is 20.7. The van der Waals surface area contributed by atoms with Gasteiger partial charge < -0.3 is 36.5 Å². The van der Waals surface area contributed by atoms with Gasteiger partial charge >= 0.3 is 0 Å². The van der Waals surface area contributed by atoms with Gasteiger partial charge in [-0.1, -0.05) is 18.9 Å². The lowest BCUT2D eigenvalue weighted by molar-refractivity contribution is 0.0511. The second-order valence-corrected chi connectivity index (χ2v) is 8.71. The molecule has 0 saturated heterocycles. The molecule has 1 saturated carbocycles. The molecule has 0 atom stereocenters. The molecular formula is C24H38N8O3. The number of nitrogens with two attached hydrogens (primary N) is 1. The van der Waals surface area contributed by atoms with Crippen molar-refractivity contribution in [2.75, 3.05) is 55.5 Å². The number of carbonyl (C=O) groups is 1. The van der Waals surface area contributed by atoms with Crippen molar-refractivity contribution in [3.8, 4) is 0 Å². The maximum Gasteiger partial charge on any atom is 0.251 e. The fourth-order valence-electron chi connectivity index (χ4n) is 3.68. The minimum atomic E-state index is -0.182. The van der Waals surface area contributed by atoms with Crippen LogP contribution in [0.25, 0.3) is 0 Å². The smallest absolute Gasteiger partial charge is 0.251 e. The molecule has 0 radical (unpaired) electrons. The van der Waals surface area contributed by atoms with Gasteiger partial charge in [0, 0.05) is 36.4 Å². The molecule has 1 fully saturated rings.